The standard InChI is InChI=1S/C20H27N3O4/c1-11(2)10-23(8-7-16(24)25)20(26)14-9-15(13-5-6-13)21-19-17(14)18(12(3)4)22-27-19/h9,11-13H,5-8,10H2,1-4H3,(H,24,25). The van der Waals surface area contributed by atoms with E-state index in [1.54, 1.807) is 4.90 Å². The number of carboxylic acid groups (broad SMARTS) is 1. The van der Waals surface area contributed by atoms with Crippen LogP contribution in [0.25, 0.3) is 11.1 Å². The van der Waals surface area contributed by atoms with E-state index in [-0.39, 0.29) is 30.7 Å². The van der Waals surface area contributed by atoms with E-state index in [1.807, 2.05) is 33.8 Å². The summed E-state index contributed by atoms with van der Waals surface area (Å²) in [5.74, 6) is -0.405. The van der Waals surface area contributed by atoms with E-state index < -0.39 is 5.97 Å². The molecule has 0 bridgehead atoms. The predicted octanol–water partition coefficient (Wildman–Crippen LogP) is 3.80. The van der Waals surface area contributed by atoms with Crippen molar-refractivity contribution in [1.82, 2.24) is 15.0 Å². The quantitative estimate of drug-likeness (QED) is 0.756. The summed E-state index contributed by atoms with van der Waals surface area (Å²) in [6.45, 7) is 8.69. The van der Waals surface area contributed by atoms with Crippen LogP contribution in [0.2, 0.25) is 0 Å². The normalized spacial score (nSPS) is 14.3. The Morgan fingerprint density at radius 3 is 2.56 bits per heavy atom. The molecule has 0 unspecified atom stereocenters. The zero-order valence-corrected chi connectivity index (χ0v) is 16.4. The van der Waals surface area contributed by atoms with Crippen molar-refractivity contribution in [1.29, 1.82) is 0 Å². The van der Waals surface area contributed by atoms with E-state index in [0.717, 1.165) is 18.5 Å². The molecule has 27 heavy (non-hydrogen) atoms. The summed E-state index contributed by atoms with van der Waals surface area (Å²) in [5, 5.41) is 13.9. The zero-order chi connectivity index (χ0) is 19.7. The van der Waals surface area contributed by atoms with Crippen molar-refractivity contribution in [2.45, 2.75) is 58.8 Å². The zero-order valence-electron chi connectivity index (χ0n) is 16.4. The number of hydrogen-bond donors (Lipinski definition) is 1. The molecule has 2 heterocycles. The van der Waals surface area contributed by atoms with Gasteiger partial charge < -0.3 is 14.5 Å². The van der Waals surface area contributed by atoms with E-state index in [1.165, 1.54) is 0 Å². The van der Waals surface area contributed by atoms with Gasteiger partial charge in [-0.3, -0.25) is 9.59 Å². The first kappa shape index (κ1) is 19.3. The number of aromatic nitrogens is 2. The van der Waals surface area contributed by atoms with E-state index in [9.17, 15) is 9.59 Å². The number of amides is 1. The molecule has 3 rings (SSSR count). The highest BCUT2D eigenvalue weighted by Gasteiger charge is 2.31. The average molecular weight is 373 g/mol. The molecule has 1 aliphatic carbocycles. The van der Waals surface area contributed by atoms with Crippen molar-refractivity contribution in [3.8, 4) is 0 Å². The fourth-order valence-electron chi connectivity index (χ4n) is 3.26. The lowest BCUT2D eigenvalue weighted by Gasteiger charge is -2.24. The van der Waals surface area contributed by atoms with Crippen molar-refractivity contribution in [2.24, 2.45) is 5.92 Å². The summed E-state index contributed by atoms with van der Waals surface area (Å²) in [7, 11) is 0. The predicted molar refractivity (Wildman–Crippen MR) is 101 cm³/mol. The van der Waals surface area contributed by atoms with Crippen LogP contribution in [0.3, 0.4) is 0 Å². The topological polar surface area (TPSA) is 96.5 Å². The molecule has 146 valence electrons. The summed E-state index contributed by atoms with van der Waals surface area (Å²) in [6, 6.07) is 1.86. The van der Waals surface area contributed by atoms with Gasteiger partial charge in [0.15, 0.2) is 0 Å². The van der Waals surface area contributed by atoms with Gasteiger partial charge in [-0.1, -0.05) is 32.9 Å². The lowest BCUT2D eigenvalue weighted by atomic mass is 10.0. The number of hydrogen-bond acceptors (Lipinski definition) is 5. The minimum Gasteiger partial charge on any atom is -0.481 e. The summed E-state index contributed by atoms with van der Waals surface area (Å²) in [4.78, 5) is 30.7. The fourth-order valence-corrected chi connectivity index (χ4v) is 3.26. The highest BCUT2D eigenvalue weighted by Crippen LogP contribution is 2.41. The Balaban J connectivity index is 2.06. The van der Waals surface area contributed by atoms with Crippen molar-refractivity contribution in [3.63, 3.8) is 0 Å². The van der Waals surface area contributed by atoms with Gasteiger partial charge >= 0.3 is 5.97 Å². The summed E-state index contributed by atoms with van der Waals surface area (Å²) >= 11 is 0. The molecule has 7 heteroatoms. The van der Waals surface area contributed by atoms with Crippen molar-refractivity contribution in [2.75, 3.05) is 13.1 Å². The van der Waals surface area contributed by atoms with Crippen molar-refractivity contribution >= 4 is 23.0 Å². The molecule has 2 aromatic heterocycles. The van der Waals surface area contributed by atoms with Gasteiger partial charge in [0.25, 0.3) is 11.6 Å². The Labute approximate surface area is 158 Å². The second-order valence-corrected chi connectivity index (χ2v) is 8.06. The molecule has 0 aliphatic heterocycles. The molecule has 1 amide bonds. The molecule has 0 atom stereocenters. The molecule has 2 aromatic rings. The van der Waals surface area contributed by atoms with Crippen LogP contribution >= 0.6 is 0 Å². The number of rotatable bonds is 8. The molecule has 1 aliphatic rings. The number of carbonyl (C=O) groups excluding carboxylic acids is 1. The number of nitrogens with zero attached hydrogens (tertiary/aromatic N) is 3. The van der Waals surface area contributed by atoms with Crippen molar-refractivity contribution < 1.29 is 19.2 Å². The molecule has 1 fully saturated rings. The molecular formula is C20H27N3O4. The third-order valence-electron chi connectivity index (χ3n) is 4.73. The van der Waals surface area contributed by atoms with E-state index in [4.69, 9.17) is 9.63 Å². The molecular weight excluding hydrogens is 346 g/mol. The summed E-state index contributed by atoms with van der Waals surface area (Å²) in [5.41, 5.74) is 2.50. The molecule has 1 saturated carbocycles. The van der Waals surface area contributed by atoms with Gasteiger partial charge in [-0.05, 0) is 30.7 Å². The van der Waals surface area contributed by atoms with Crippen LogP contribution < -0.4 is 0 Å². The van der Waals surface area contributed by atoms with Crippen LogP contribution in [0.5, 0.6) is 0 Å². The fraction of sp³-hybridized carbons (Fsp3) is 0.600. The SMILES string of the molecule is CC(C)CN(CCC(=O)O)C(=O)c1cc(C2CC2)nc2onc(C(C)C)c12. The Kier molecular flexibility index (Phi) is 5.48. The first-order chi connectivity index (χ1) is 12.8. The summed E-state index contributed by atoms with van der Waals surface area (Å²) in [6.07, 6.45) is 2.04. The molecule has 0 spiro atoms. The number of pyridine rings is 1. The lowest BCUT2D eigenvalue weighted by molar-refractivity contribution is -0.137. The maximum atomic E-state index is 13.4. The van der Waals surface area contributed by atoms with Gasteiger partial charge in [0, 0.05) is 24.7 Å². The maximum absolute atomic E-state index is 13.4. The Morgan fingerprint density at radius 1 is 1.30 bits per heavy atom. The minimum atomic E-state index is -0.914. The lowest BCUT2D eigenvalue weighted by Crippen LogP contribution is -2.36. The number of aliphatic carboxylic acids is 1. The van der Waals surface area contributed by atoms with Crippen LogP contribution in [0.1, 0.15) is 80.5 Å². The second-order valence-electron chi connectivity index (χ2n) is 8.06. The Hall–Kier alpha value is -2.44. The molecule has 0 radical (unpaired) electrons. The molecule has 0 aromatic carbocycles. The summed E-state index contributed by atoms with van der Waals surface area (Å²) < 4.78 is 5.45. The van der Waals surface area contributed by atoms with E-state index in [0.29, 0.717) is 34.8 Å². The van der Waals surface area contributed by atoms with Gasteiger partial charge in [-0.25, -0.2) is 4.98 Å². The van der Waals surface area contributed by atoms with E-state index >= 15 is 0 Å². The smallest absolute Gasteiger partial charge is 0.305 e. The largest absolute Gasteiger partial charge is 0.481 e. The minimum absolute atomic E-state index is 0.0805. The molecule has 0 saturated heterocycles. The number of carbonyl (C=O) groups is 2. The molecule has 1 N–H and O–H groups in total. The van der Waals surface area contributed by atoms with Gasteiger partial charge in [-0.2, -0.15) is 0 Å². The van der Waals surface area contributed by atoms with Crippen LogP contribution in [0, 0.1) is 5.92 Å². The third-order valence-corrected chi connectivity index (χ3v) is 4.73. The van der Waals surface area contributed by atoms with Gasteiger partial charge in [0.2, 0.25) is 0 Å². The molecule has 7 nitrogen and oxygen atoms in total. The number of carboxylic acids is 1. The van der Waals surface area contributed by atoms with Crippen molar-refractivity contribution in [3.05, 3.63) is 23.0 Å². The van der Waals surface area contributed by atoms with Crippen LogP contribution in [0.15, 0.2) is 10.6 Å². The Bertz CT molecular complexity index is 852. The van der Waals surface area contributed by atoms with Gasteiger partial charge in [0.05, 0.1) is 23.1 Å². The van der Waals surface area contributed by atoms with Gasteiger partial charge in [0.1, 0.15) is 0 Å². The van der Waals surface area contributed by atoms with Crippen LogP contribution in [0.4, 0.5) is 0 Å². The van der Waals surface area contributed by atoms with E-state index in [2.05, 4.69) is 10.1 Å². The number of fused-ring (bicyclic) bond motifs is 1. The maximum Gasteiger partial charge on any atom is 0.305 e. The average Bonchev–Trinajstić information content (AvgIpc) is 3.35. The first-order valence-electron chi connectivity index (χ1n) is 9.59. The second kappa shape index (κ2) is 7.66. The van der Waals surface area contributed by atoms with Crippen LogP contribution in [-0.2, 0) is 4.79 Å². The first-order valence-corrected chi connectivity index (χ1v) is 9.59. The third kappa shape index (κ3) is 4.28. The van der Waals surface area contributed by atoms with Crippen LogP contribution in [-0.4, -0.2) is 45.1 Å². The Morgan fingerprint density at radius 2 is 2.00 bits per heavy atom. The van der Waals surface area contributed by atoms with Gasteiger partial charge in [-0.15, -0.1) is 0 Å². The highest BCUT2D eigenvalue weighted by atomic mass is 16.5. The highest BCUT2D eigenvalue weighted by molar-refractivity contribution is 6.06. The monoisotopic (exact) mass is 373 g/mol.